The van der Waals surface area contributed by atoms with Crippen LogP contribution in [0.1, 0.15) is 43.0 Å². The molecule has 2 amide bonds. The Labute approximate surface area is 218 Å². The monoisotopic (exact) mass is 506 g/mol. The normalized spacial score (nSPS) is 12.1. The Balaban J connectivity index is 1.89. The lowest BCUT2D eigenvalue weighted by Crippen LogP contribution is -2.54. The molecule has 0 aromatic heterocycles. The number of carbonyl (C=O) groups is 2. The summed E-state index contributed by atoms with van der Waals surface area (Å²) in [7, 11) is 0. The summed E-state index contributed by atoms with van der Waals surface area (Å²) in [6, 6.07) is 23.6. The third-order valence-electron chi connectivity index (χ3n) is 5.81. The van der Waals surface area contributed by atoms with Crippen LogP contribution in [0, 0.1) is 12.7 Å². The van der Waals surface area contributed by atoms with Crippen molar-refractivity contribution in [2.75, 3.05) is 5.75 Å². The van der Waals surface area contributed by atoms with Gasteiger partial charge < -0.3 is 10.2 Å². The van der Waals surface area contributed by atoms with Crippen LogP contribution >= 0.6 is 11.8 Å². The fourth-order valence-electron chi connectivity index (χ4n) is 3.92. The molecule has 0 aliphatic carbocycles. The van der Waals surface area contributed by atoms with Crippen LogP contribution in [0.2, 0.25) is 0 Å². The molecule has 0 unspecified atom stereocenters. The quantitative estimate of drug-likeness (QED) is 0.371. The second kappa shape index (κ2) is 12.7. The zero-order valence-electron chi connectivity index (χ0n) is 21.5. The van der Waals surface area contributed by atoms with Crippen LogP contribution in [0.5, 0.6) is 0 Å². The van der Waals surface area contributed by atoms with Crippen molar-refractivity contribution in [3.63, 3.8) is 0 Å². The summed E-state index contributed by atoms with van der Waals surface area (Å²) in [5.74, 6) is -0.0830. The standard InChI is InChI=1S/C30H35FN2O2S/c1-22-12-8-9-15-24(22)19-33(28(34)21-36-20-25-16-10-11-17-26(25)31)27(29(35)32-30(2,3)4)18-23-13-6-5-7-14-23/h5-17,27H,18-21H2,1-4H3,(H,32,35)/t27-/m0/s1. The van der Waals surface area contributed by atoms with E-state index >= 15 is 0 Å². The summed E-state index contributed by atoms with van der Waals surface area (Å²) < 4.78 is 14.1. The van der Waals surface area contributed by atoms with E-state index in [4.69, 9.17) is 0 Å². The molecule has 1 N–H and O–H groups in total. The van der Waals surface area contributed by atoms with Crippen molar-refractivity contribution in [1.82, 2.24) is 10.2 Å². The van der Waals surface area contributed by atoms with E-state index in [2.05, 4.69) is 5.32 Å². The number of amides is 2. The molecule has 0 aliphatic rings. The van der Waals surface area contributed by atoms with Gasteiger partial charge in [-0.1, -0.05) is 72.8 Å². The summed E-state index contributed by atoms with van der Waals surface area (Å²) in [6.07, 6.45) is 0.401. The van der Waals surface area contributed by atoms with Crippen LogP contribution in [-0.2, 0) is 28.3 Å². The van der Waals surface area contributed by atoms with Crippen LogP contribution < -0.4 is 5.32 Å². The van der Waals surface area contributed by atoms with E-state index in [-0.39, 0.29) is 23.4 Å². The van der Waals surface area contributed by atoms with Crippen LogP contribution in [0.25, 0.3) is 0 Å². The van der Waals surface area contributed by atoms with E-state index in [1.165, 1.54) is 17.8 Å². The molecule has 0 saturated heterocycles. The number of halogens is 1. The van der Waals surface area contributed by atoms with Gasteiger partial charge in [-0.3, -0.25) is 9.59 Å². The van der Waals surface area contributed by atoms with Crippen molar-refractivity contribution in [3.05, 3.63) is 107 Å². The Morgan fingerprint density at radius 1 is 0.917 bits per heavy atom. The molecule has 0 saturated carbocycles. The van der Waals surface area contributed by atoms with Gasteiger partial charge in [0.05, 0.1) is 5.75 Å². The average molecular weight is 507 g/mol. The maximum absolute atomic E-state index is 14.1. The topological polar surface area (TPSA) is 49.4 Å². The highest BCUT2D eigenvalue weighted by Crippen LogP contribution is 2.21. The Morgan fingerprint density at radius 2 is 1.53 bits per heavy atom. The first-order valence-electron chi connectivity index (χ1n) is 12.1. The largest absolute Gasteiger partial charge is 0.350 e. The smallest absolute Gasteiger partial charge is 0.243 e. The second-order valence-electron chi connectivity index (χ2n) is 9.98. The molecule has 4 nitrogen and oxygen atoms in total. The van der Waals surface area contributed by atoms with E-state index in [1.54, 1.807) is 23.1 Å². The molecule has 36 heavy (non-hydrogen) atoms. The van der Waals surface area contributed by atoms with Crippen molar-refractivity contribution < 1.29 is 14.0 Å². The lowest BCUT2D eigenvalue weighted by molar-refractivity contribution is -0.140. The van der Waals surface area contributed by atoms with Gasteiger partial charge in [0.1, 0.15) is 11.9 Å². The van der Waals surface area contributed by atoms with Crippen LogP contribution in [0.4, 0.5) is 4.39 Å². The predicted octanol–water partition coefficient (Wildman–Crippen LogP) is 5.92. The van der Waals surface area contributed by atoms with E-state index in [0.717, 1.165) is 16.7 Å². The first-order chi connectivity index (χ1) is 17.1. The predicted molar refractivity (Wildman–Crippen MR) is 146 cm³/mol. The van der Waals surface area contributed by atoms with Gasteiger partial charge in [0.25, 0.3) is 0 Å². The molecule has 3 rings (SSSR count). The minimum Gasteiger partial charge on any atom is -0.350 e. The van der Waals surface area contributed by atoms with Crippen molar-refractivity contribution in [2.24, 2.45) is 0 Å². The second-order valence-corrected chi connectivity index (χ2v) is 11.0. The Morgan fingerprint density at radius 3 is 2.17 bits per heavy atom. The Kier molecular flexibility index (Phi) is 9.71. The van der Waals surface area contributed by atoms with Gasteiger partial charge in [0, 0.05) is 24.3 Å². The summed E-state index contributed by atoms with van der Waals surface area (Å²) in [5.41, 5.74) is 3.15. The highest BCUT2D eigenvalue weighted by Gasteiger charge is 2.32. The number of rotatable bonds is 10. The third kappa shape index (κ3) is 8.23. The number of carbonyl (C=O) groups excluding carboxylic acids is 2. The lowest BCUT2D eigenvalue weighted by atomic mass is 10.00. The summed E-state index contributed by atoms with van der Waals surface area (Å²) in [6.45, 7) is 8.12. The summed E-state index contributed by atoms with van der Waals surface area (Å²) in [4.78, 5) is 28.9. The fourth-order valence-corrected chi connectivity index (χ4v) is 4.82. The van der Waals surface area contributed by atoms with Gasteiger partial charge in [-0.25, -0.2) is 4.39 Å². The fraction of sp³-hybridized carbons (Fsp3) is 0.333. The molecule has 0 radical (unpaired) electrons. The van der Waals surface area contributed by atoms with Crippen molar-refractivity contribution in [1.29, 1.82) is 0 Å². The minimum atomic E-state index is -0.687. The van der Waals surface area contributed by atoms with Crippen molar-refractivity contribution >= 4 is 23.6 Å². The number of aryl methyl sites for hydroxylation is 1. The maximum atomic E-state index is 14.1. The maximum Gasteiger partial charge on any atom is 0.243 e. The molecule has 0 aliphatic heterocycles. The molecule has 3 aromatic rings. The van der Waals surface area contributed by atoms with Gasteiger partial charge >= 0.3 is 0 Å². The number of hydrogen-bond acceptors (Lipinski definition) is 3. The number of hydrogen-bond donors (Lipinski definition) is 1. The number of nitrogens with one attached hydrogen (secondary N) is 1. The highest BCUT2D eigenvalue weighted by atomic mass is 32.2. The van der Waals surface area contributed by atoms with Crippen LogP contribution in [0.3, 0.4) is 0 Å². The average Bonchev–Trinajstić information content (AvgIpc) is 2.83. The zero-order chi connectivity index (χ0) is 26.1. The SMILES string of the molecule is Cc1ccccc1CN(C(=O)CSCc1ccccc1F)[C@@H](Cc1ccccc1)C(=O)NC(C)(C)C. The summed E-state index contributed by atoms with van der Waals surface area (Å²) >= 11 is 1.36. The third-order valence-corrected chi connectivity index (χ3v) is 6.78. The van der Waals surface area contributed by atoms with Gasteiger partial charge in [-0.2, -0.15) is 0 Å². The van der Waals surface area contributed by atoms with Gasteiger partial charge in [-0.05, 0) is 56.0 Å². The number of nitrogens with zero attached hydrogens (tertiary/aromatic N) is 1. The van der Waals surface area contributed by atoms with Gasteiger partial charge in [0.15, 0.2) is 0 Å². The molecule has 0 spiro atoms. The molecule has 3 aromatic carbocycles. The van der Waals surface area contributed by atoms with E-state index < -0.39 is 11.6 Å². The molecule has 0 bridgehead atoms. The van der Waals surface area contributed by atoms with Crippen molar-refractivity contribution in [2.45, 2.75) is 58.0 Å². The van der Waals surface area contributed by atoms with Gasteiger partial charge in [-0.15, -0.1) is 11.8 Å². The molecular formula is C30H35FN2O2S. The van der Waals surface area contributed by atoms with E-state index in [1.807, 2.05) is 82.3 Å². The number of benzene rings is 3. The molecule has 190 valence electrons. The molecule has 6 heteroatoms. The molecule has 0 fully saturated rings. The Bertz CT molecular complexity index is 1160. The van der Waals surface area contributed by atoms with Gasteiger partial charge in [0.2, 0.25) is 11.8 Å². The molecule has 1 atom stereocenters. The summed E-state index contributed by atoms with van der Waals surface area (Å²) in [5, 5.41) is 3.08. The van der Waals surface area contributed by atoms with Crippen LogP contribution in [0.15, 0.2) is 78.9 Å². The lowest BCUT2D eigenvalue weighted by Gasteiger charge is -2.34. The first kappa shape index (κ1) is 27.5. The zero-order valence-corrected chi connectivity index (χ0v) is 22.3. The minimum absolute atomic E-state index is 0.147. The highest BCUT2D eigenvalue weighted by molar-refractivity contribution is 7.99. The first-order valence-corrected chi connectivity index (χ1v) is 13.3. The number of thioether (sulfide) groups is 1. The van der Waals surface area contributed by atoms with E-state index in [9.17, 15) is 14.0 Å². The molecular weight excluding hydrogens is 471 g/mol. The Hall–Kier alpha value is -3.12. The van der Waals surface area contributed by atoms with Crippen LogP contribution in [-0.4, -0.2) is 34.0 Å². The van der Waals surface area contributed by atoms with E-state index in [0.29, 0.717) is 24.3 Å². The van der Waals surface area contributed by atoms with Crippen molar-refractivity contribution in [3.8, 4) is 0 Å². The molecule has 0 heterocycles.